The molecule has 96 valence electrons. The molecule has 0 aliphatic rings. The lowest BCUT2D eigenvalue weighted by Crippen LogP contribution is -1.99. The predicted molar refractivity (Wildman–Crippen MR) is 81.8 cm³/mol. The van der Waals surface area contributed by atoms with Gasteiger partial charge in [-0.3, -0.25) is 0 Å². The summed E-state index contributed by atoms with van der Waals surface area (Å²) in [5, 5.41) is 5.45. The Hall–Kier alpha value is -1.93. The minimum atomic E-state index is 0.774. The molecule has 0 unspecified atom stereocenters. The lowest BCUT2D eigenvalue weighted by molar-refractivity contribution is 1.15. The van der Waals surface area contributed by atoms with Crippen LogP contribution in [-0.2, 0) is 6.54 Å². The second-order valence-electron chi connectivity index (χ2n) is 4.72. The van der Waals surface area contributed by atoms with Crippen LogP contribution in [0.2, 0.25) is 5.02 Å². The first kappa shape index (κ1) is 12.1. The minimum absolute atomic E-state index is 0.774. The van der Waals surface area contributed by atoms with E-state index in [1.54, 1.807) is 0 Å². The molecule has 2 aromatic carbocycles. The molecule has 1 heterocycles. The fourth-order valence-electron chi connectivity index (χ4n) is 2.11. The first-order chi connectivity index (χ1) is 9.22. The fraction of sp³-hybridized carbons (Fsp3) is 0.125. The number of anilines is 1. The highest BCUT2D eigenvalue weighted by Gasteiger charge is 2.00. The van der Waals surface area contributed by atoms with Gasteiger partial charge in [0.25, 0.3) is 0 Å². The first-order valence-electron chi connectivity index (χ1n) is 6.28. The van der Waals surface area contributed by atoms with E-state index in [-0.39, 0.29) is 0 Å². The van der Waals surface area contributed by atoms with Crippen LogP contribution in [-0.4, -0.2) is 4.98 Å². The molecule has 0 fully saturated rings. The summed E-state index contributed by atoms with van der Waals surface area (Å²) in [5.41, 5.74) is 4.57. The first-order valence-corrected chi connectivity index (χ1v) is 6.66. The van der Waals surface area contributed by atoms with Crippen LogP contribution >= 0.6 is 11.6 Å². The number of aromatic nitrogens is 1. The number of nitrogens with one attached hydrogen (secondary N) is 2. The van der Waals surface area contributed by atoms with Crippen molar-refractivity contribution in [3.8, 4) is 0 Å². The van der Waals surface area contributed by atoms with Gasteiger partial charge in [0.1, 0.15) is 0 Å². The highest BCUT2D eigenvalue weighted by atomic mass is 35.5. The smallest absolute Gasteiger partial charge is 0.0455 e. The van der Waals surface area contributed by atoms with Crippen LogP contribution in [0.3, 0.4) is 0 Å². The van der Waals surface area contributed by atoms with Crippen LogP contribution in [0.15, 0.2) is 48.7 Å². The van der Waals surface area contributed by atoms with Crippen LogP contribution in [0.25, 0.3) is 10.9 Å². The van der Waals surface area contributed by atoms with Gasteiger partial charge < -0.3 is 10.3 Å². The molecule has 0 amide bonds. The van der Waals surface area contributed by atoms with Crippen LogP contribution in [0.1, 0.15) is 11.1 Å². The van der Waals surface area contributed by atoms with Crippen molar-refractivity contribution >= 4 is 28.2 Å². The Morgan fingerprint density at radius 2 is 2.00 bits per heavy atom. The largest absolute Gasteiger partial charge is 0.381 e. The molecule has 3 rings (SSSR count). The molecule has 0 aliphatic carbocycles. The van der Waals surface area contributed by atoms with Crippen LogP contribution in [0, 0.1) is 6.92 Å². The van der Waals surface area contributed by atoms with E-state index in [1.165, 1.54) is 10.9 Å². The monoisotopic (exact) mass is 270 g/mol. The number of halogens is 1. The van der Waals surface area contributed by atoms with E-state index in [0.717, 1.165) is 28.3 Å². The summed E-state index contributed by atoms with van der Waals surface area (Å²) < 4.78 is 0. The number of fused-ring (bicyclic) bond motifs is 1. The molecular weight excluding hydrogens is 256 g/mol. The molecule has 19 heavy (non-hydrogen) atoms. The van der Waals surface area contributed by atoms with Gasteiger partial charge in [-0.1, -0.05) is 23.7 Å². The molecule has 2 N–H and O–H groups in total. The van der Waals surface area contributed by atoms with Crippen LogP contribution in [0.5, 0.6) is 0 Å². The summed E-state index contributed by atoms with van der Waals surface area (Å²) in [6.07, 6.45) is 1.95. The van der Waals surface area contributed by atoms with Gasteiger partial charge in [-0.25, -0.2) is 0 Å². The number of H-pyrrole nitrogens is 1. The summed E-state index contributed by atoms with van der Waals surface area (Å²) in [7, 11) is 0. The van der Waals surface area contributed by atoms with Crippen molar-refractivity contribution in [2.24, 2.45) is 0 Å². The molecule has 3 heteroatoms. The molecule has 0 aliphatic heterocycles. The third-order valence-corrected chi connectivity index (χ3v) is 3.69. The lowest BCUT2D eigenvalue weighted by atomic mass is 10.1. The van der Waals surface area contributed by atoms with Crippen molar-refractivity contribution in [3.63, 3.8) is 0 Å². The van der Waals surface area contributed by atoms with E-state index >= 15 is 0 Å². The van der Waals surface area contributed by atoms with Crippen LogP contribution in [0.4, 0.5) is 5.69 Å². The number of rotatable bonds is 3. The van der Waals surface area contributed by atoms with Crippen molar-refractivity contribution in [2.45, 2.75) is 13.5 Å². The maximum Gasteiger partial charge on any atom is 0.0455 e. The molecule has 3 aromatic rings. The highest BCUT2D eigenvalue weighted by molar-refractivity contribution is 6.31. The average Bonchev–Trinajstić information content (AvgIpc) is 2.87. The third kappa shape index (κ3) is 2.59. The molecule has 0 saturated heterocycles. The van der Waals surface area contributed by atoms with E-state index in [1.807, 2.05) is 19.2 Å². The van der Waals surface area contributed by atoms with Crippen molar-refractivity contribution in [1.29, 1.82) is 0 Å². The van der Waals surface area contributed by atoms with E-state index in [4.69, 9.17) is 11.6 Å². The summed E-state index contributed by atoms with van der Waals surface area (Å²) in [5.74, 6) is 0. The van der Waals surface area contributed by atoms with Gasteiger partial charge in [0, 0.05) is 34.4 Å². The van der Waals surface area contributed by atoms with Gasteiger partial charge >= 0.3 is 0 Å². The van der Waals surface area contributed by atoms with Gasteiger partial charge in [0.05, 0.1) is 0 Å². The molecule has 0 bridgehead atoms. The van der Waals surface area contributed by atoms with Crippen molar-refractivity contribution in [2.75, 3.05) is 5.32 Å². The van der Waals surface area contributed by atoms with E-state index in [0.29, 0.717) is 0 Å². The molecule has 1 aromatic heterocycles. The maximum absolute atomic E-state index is 6.13. The van der Waals surface area contributed by atoms with Gasteiger partial charge in [-0.15, -0.1) is 0 Å². The summed E-state index contributed by atoms with van der Waals surface area (Å²) >= 11 is 6.13. The number of hydrogen-bond donors (Lipinski definition) is 2. The molecule has 0 atom stereocenters. The number of aromatic amines is 1. The summed E-state index contributed by atoms with van der Waals surface area (Å²) in [6, 6.07) is 14.5. The number of hydrogen-bond acceptors (Lipinski definition) is 1. The normalized spacial score (nSPS) is 10.8. The maximum atomic E-state index is 6.13. The molecule has 2 nitrogen and oxygen atoms in total. The second-order valence-corrected chi connectivity index (χ2v) is 5.12. The Bertz CT molecular complexity index is 716. The summed E-state index contributed by atoms with van der Waals surface area (Å²) in [4.78, 5) is 3.19. The Morgan fingerprint density at radius 3 is 2.84 bits per heavy atom. The standard InChI is InChI=1S/C16H15ClN2/c1-11-2-3-12(8-15(11)17)10-19-14-4-5-16-13(9-14)6-7-18-16/h2-9,18-19H,10H2,1H3. The quantitative estimate of drug-likeness (QED) is 0.707. The summed E-state index contributed by atoms with van der Waals surface area (Å²) in [6.45, 7) is 2.79. The fourth-order valence-corrected chi connectivity index (χ4v) is 2.32. The van der Waals surface area contributed by atoms with E-state index in [2.05, 4.69) is 46.7 Å². The van der Waals surface area contributed by atoms with Gasteiger partial charge in [0.15, 0.2) is 0 Å². The second kappa shape index (κ2) is 4.98. The van der Waals surface area contributed by atoms with Crippen molar-refractivity contribution in [1.82, 2.24) is 4.98 Å². The zero-order valence-corrected chi connectivity index (χ0v) is 11.5. The Morgan fingerprint density at radius 1 is 1.11 bits per heavy atom. The molecule has 0 spiro atoms. The molecule has 0 radical (unpaired) electrons. The molecule has 0 saturated carbocycles. The van der Waals surface area contributed by atoms with Gasteiger partial charge in [0.2, 0.25) is 0 Å². The third-order valence-electron chi connectivity index (χ3n) is 3.29. The SMILES string of the molecule is Cc1ccc(CNc2ccc3[nH]ccc3c2)cc1Cl. The average molecular weight is 271 g/mol. The highest BCUT2D eigenvalue weighted by Crippen LogP contribution is 2.20. The number of aryl methyl sites for hydroxylation is 1. The van der Waals surface area contributed by atoms with Crippen LogP contribution < -0.4 is 5.32 Å². The zero-order valence-electron chi connectivity index (χ0n) is 10.7. The van der Waals surface area contributed by atoms with E-state index < -0.39 is 0 Å². The topological polar surface area (TPSA) is 27.8 Å². The Kier molecular flexibility index (Phi) is 3.18. The Labute approximate surface area is 117 Å². The van der Waals surface area contributed by atoms with E-state index in [9.17, 15) is 0 Å². The van der Waals surface area contributed by atoms with Gasteiger partial charge in [-0.2, -0.15) is 0 Å². The number of benzene rings is 2. The van der Waals surface area contributed by atoms with Crippen molar-refractivity contribution < 1.29 is 0 Å². The van der Waals surface area contributed by atoms with Gasteiger partial charge in [-0.05, 0) is 48.4 Å². The Balaban J connectivity index is 1.75. The lowest BCUT2D eigenvalue weighted by Gasteiger charge is -2.08. The van der Waals surface area contributed by atoms with Crippen molar-refractivity contribution in [3.05, 3.63) is 64.8 Å². The molecular formula is C16H15ClN2. The predicted octanol–water partition coefficient (Wildman–Crippen LogP) is 4.74. The zero-order chi connectivity index (χ0) is 13.2. The minimum Gasteiger partial charge on any atom is -0.381 e.